The second-order valence-electron chi connectivity index (χ2n) is 17.7. The largest absolute Gasteiger partial charge is 0.472 e. The molecule has 9 heteroatoms. The molecule has 0 saturated heterocycles. The monoisotopic (exact) mass is 872 g/mol. The van der Waals surface area contributed by atoms with Crippen LogP contribution in [0.15, 0.2) is 12.2 Å². The van der Waals surface area contributed by atoms with Gasteiger partial charge in [0, 0.05) is 19.6 Å². The number of carbonyl (C=O) groups excluding carboxylic acids is 1. The number of phosphoric acid groups is 1. The van der Waals surface area contributed by atoms with Gasteiger partial charge < -0.3 is 20.1 Å². The van der Waals surface area contributed by atoms with Crippen LogP contribution in [0.5, 0.6) is 0 Å². The summed E-state index contributed by atoms with van der Waals surface area (Å²) in [4.78, 5) is 22.6. The molecule has 3 N–H and O–H groups in total. The third-order valence-electron chi connectivity index (χ3n) is 11.7. The molecule has 2 unspecified atom stereocenters. The maximum atomic E-state index is 12.7. The third-order valence-corrected chi connectivity index (χ3v) is 12.7. The Morgan fingerprint density at radius 1 is 0.483 bits per heavy atom. The number of unbranched alkanes of at least 4 members (excludes halogenated alkanes) is 36. The molecule has 0 bridgehead atoms. The van der Waals surface area contributed by atoms with E-state index in [1.165, 1.54) is 218 Å². The molecule has 0 saturated carbocycles. The van der Waals surface area contributed by atoms with Gasteiger partial charge in [-0.25, -0.2) is 4.57 Å². The first-order valence-electron chi connectivity index (χ1n) is 26.2. The Morgan fingerprint density at radius 2 is 0.833 bits per heavy atom. The number of allylic oxidation sites excluding steroid dienone is 2. The first kappa shape index (κ1) is 59.2. The predicted octanol–water partition coefficient (Wildman–Crippen LogP) is 16.2. The molecule has 60 heavy (non-hydrogen) atoms. The summed E-state index contributed by atoms with van der Waals surface area (Å²) in [5, 5.41) is 0. The van der Waals surface area contributed by atoms with E-state index in [1.807, 2.05) is 0 Å². The lowest BCUT2D eigenvalue weighted by molar-refractivity contribution is -0.154. The minimum atomic E-state index is -4.28. The van der Waals surface area contributed by atoms with Crippen LogP contribution < -0.4 is 5.73 Å². The van der Waals surface area contributed by atoms with E-state index in [2.05, 4.69) is 26.0 Å². The lowest BCUT2D eigenvalue weighted by atomic mass is 10.0. The van der Waals surface area contributed by atoms with Gasteiger partial charge in [-0.15, -0.1) is 0 Å². The Bertz CT molecular complexity index is 935. The maximum absolute atomic E-state index is 12.7. The Hall–Kier alpha value is -0.760. The van der Waals surface area contributed by atoms with Gasteiger partial charge in [0.2, 0.25) is 0 Å². The van der Waals surface area contributed by atoms with Crippen LogP contribution in [0, 0.1) is 0 Å². The first-order chi connectivity index (χ1) is 29.4. The molecule has 0 heterocycles. The van der Waals surface area contributed by atoms with Gasteiger partial charge in [0.05, 0.1) is 19.8 Å². The van der Waals surface area contributed by atoms with E-state index in [-0.39, 0.29) is 32.3 Å². The van der Waals surface area contributed by atoms with Crippen molar-refractivity contribution in [3.8, 4) is 0 Å². The summed E-state index contributed by atoms with van der Waals surface area (Å²) in [6.45, 7) is 4.99. The zero-order valence-corrected chi connectivity index (χ0v) is 40.9. The van der Waals surface area contributed by atoms with Crippen molar-refractivity contribution >= 4 is 13.8 Å². The third kappa shape index (κ3) is 48.3. The molecule has 0 radical (unpaired) electrons. The standard InChI is InChI=1S/C51H102NO7P/c1-3-5-7-9-11-13-15-17-19-21-23-25-26-28-30-32-34-36-38-40-42-44-51(53)59-50(49-58-60(54,55)57-47-45-52)48-56-46-43-41-39-37-35-33-31-29-27-24-22-20-18-16-14-12-10-8-6-4-2/h21,23,50H,3-20,22,24-49,52H2,1-2H3,(H,54,55)/b23-21-. The Morgan fingerprint density at radius 3 is 1.22 bits per heavy atom. The fourth-order valence-electron chi connectivity index (χ4n) is 7.82. The summed E-state index contributed by atoms with van der Waals surface area (Å²) in [5.41, 5.74) is 5.39. The second kappa shape index (κ2) is 49.3. The van der Waals surface area contributed by atoms with Gasteiger partial charge >= 0.3 is 13.8 Å². The fourth-order valence-corrected chi connectivity index (χ4v) is 8.58. The van der Waals surface area contributed by atoms with Crippen molar-refractivity contribution < 1.29 is 32.8 Å². The average Bonchev–Trinajstić information content (AvgIpc) is 3.24. The van der Waals surface area contributed by atoms with Crippen LogP contribution in [-0.2, 0) is 27.9 Å². The first-order valence-corrected chi connectivity index (χ1v) is 27.7. The molecule has 0 aliphatic carbocycles. The zero-order chi connectivity index (χ0) is 43.7. The summed E-state index contributed by atoms with van der Waals surface area (Å²) >= 11 is 0. The maximum Gasteiger partial charge on any atom is 0.472 e. The predicted molar refractivity (Wildman–Crippen MR) is 257 cm³/mol. The van der Waals surface area contributed by atoms with Crippen LogP contribution in [0.1, 0.15) is 271 Å². The van der Waals surface area contributed by atoms with Gasteiger partial charge in [-0.2, -0.15) is 0 Å². The normalized spacial score (nSPS) is 13.3. The van der Waals surface area contributed by atoms with E-state index < -0.39 is 13.9 Å². The van der Waals surface area contributed by atoms with Crippen molar-refractivity contribution in [2.24, 2.45) is 5.73 Å². The van der Waals surface area contributed by atoms with Gasteiger partial charge in [-0.1, -0.05) is 238 Å². The Balaban J connectivity index is 3.89. The molecular formula is C51H102NO7P. The van der Waals surface area contributed by atoms with E-state index in [9.17, 15) is 14.3 Å². The number of esters is 1. The molecule has 0 aliphatic rings. The topological polar surface area (TPSA) is 117 Å². The molecule has 0 spiro atoms. The van der Waals surface area contributed by atoms with E-state index >= 15 is 0 Å². The average molecular weight is 872 g/mol. The summed E-state index contributed by atoms with van der Waals surface area (Å²) in [7, 11) is -4.28. The second-order valence-corrected chi connectivity index (χ2v) is 19.2. The van der Waals surface area contributed by atoms with E-state index in [4.69, 9.17) is 24.3 Å². The van der Waals surface area contributed by atoms with Crippen molar-refractivity contribution in [3.63, 3.8) is 0 Å². The van der Waals surface area contributed by atoms with Crippen molar-refractivity contribution in [2.75, 3.05) is 33.0 Å². The van der Waals surface area contributed by atoms with Crippen LogP contribution in [0.2, 0.25) is 0 Å². The van der Waals surface area contributed by atoms with Gasteiger partial charge in [-0.05, 0) is 38.5 Å². The molecule has 2 atom stereocenters. The Labute approximate surface area is 373 Å². The molecule has 0 aromatic heterocycles. The lowest BCUT2D eigenvalue weighted by Crippen LogP contribution is -2.28. The summed E-state index contributed by atoms with van der Waals surface area (Å²) in [5.74, 6) is -0.325. The van der Waals surface area contributed by atoms with Crippen molar-refractivity contribution in [3.05, 3.63) is 12.2 Å². The number of hydrogen-bond acceptors (Lipinski definition) is 7. The summed E-state index contributed by atoms with van der Waals surface area (Å²) in [6.07, 6.45) is 55.3. The zero-order valence-electron chi connectivity index (χ0n) is 40.0. The molecule has 0 rings (SSSR count). The molecule has 0 aromatic rings. The van der Waals surface area contributed by atoms with Crippen LogP contribution in [-0.4, -0.2) is 49.9 Å². The minimum Gasteiger partial charge on any atom is -0.457 e. The molecule has 0 fully saturated rings. The number of hydrogen-bond donors (Lipinski definition) is 2. The molecular weight excluding hydrogens is 770 g/mol. The van der Waals surface area contributed by atoms with E-state index in [0.717, 1.165) is 32.1 Å². The lowest BCUT2D eigenvalue weighted by Gasteiger charge is -2.20. The Kier molecular flexibility index (Phi) is 48.6. The van der Waals surface area contributed by atoms with Gasteiger partial charge in [-0.3, -0.25) is 13.8 Å². The smallest absolute Gasteiger partial charge is 0.457 e. The highest BCUT2D eigenvalue weighted by Gasteiger charge is 2.25. The quantitative estimate of drug-likeness (QED) is 0.0269. The highest BCUT2D eigenvalue weighted by molar-refractivity contribution is 7.47. The molecule has 358 valence electrons. The summed E-state index contributed by atoms with van der Waals surface area (Å²) < 4.78 is 33.6. The summed E-state index contributed by atoms with van der Waals surface area (Å²) in [6, 6.07) is 0. The van der Waals surface area contributed by atoms with Crippen molar-refractivity contribution in [1.29, 1.82) is 0 Å². The number of nitrogens with two attached hydrogens (primary N) is 1. The number of phosphoric ester groups is 1. The number of ether oxygens (including phenoxy) is 2. The highest BCUT2D eigenvalue weighted by Crippen LogP contribution is 2.43. The highest BCUT2D eigenvalue weighted by atomic mass is 31.2. The molecule has 0 aliphatic heterocycles. The van der Waals surface area contributed by atoms with Crippen molar-refractivity contribution in [1.82, 2.24) is 0 Å². The minimum absolute atomic E-state index is 0.0920. The molecule has 0 amide bonds. The van der Waals surface area contributed by atoms with Gasteiger partial charge in [0.1, 0.15) is 6.10 Å². The number of rotatable bonds is 51. The van der Waals surface area contributed by atoms with E-state index in [1.54, 1.807) is 0 Å². The van der Waals surface area contributed by atoms with Gasteiger partial charge in [0.25, 0.3) is 0 Å². The van der Waals surface area contributed by atoms with Crippen LogP contribution in [0.3, 0.4) is 0 Å². The fraction of sp³-hybridized carbons (Fsp3) is 0.941. The van der Waals surface area contributed by atoms with Crippen LogP contribution >= 0.6 is 7.82 Å². The van der Waals surface area contributed by atoms with Gasteiger partial charge in [0.15, 0.2) is 0 Å². The van der Waals surface area contributed by atoms with Crippen LogP contribution in [0.25, 0.3) is 0 Å². The molecule has 0 aromatic carbocycles. The molecule has 8 nitrogen and oxygen atoms in total. The SMILES string of the molecule is CCCCCCCCCC/C=C\CCCCCCCCCCCC(=O)OC(COCCCCCCCCCCCCCCCCCCCCCC)COP(=O)(O)OCCN. The van der Waals surface area contributed by atoms with E-state index in [0.29, 0.717) is 13.0 Å². The number of carbonyl (C=O) groups is 1. The van der Waals surface area contributed by atoms with Crippen molar-refractivity contribution in [2.45, 2.75) is 277 Å². The van der Waals surface area contributed by atoms with Crippen LogP contribution in [0.4, 0.5) is 0 Å².